The first-order valence-electron chi connectivity index (χ1n) is 5.45. The molecule has 1 amide bonds. The lowest BCUT2D eigenvalue weighted by Crippen LogP contribution is -2.37. The number of thioether (sulfide) groups is 1. The lowest BCUT2D eigenvalue weighted by molar-refractivity contribution is -0.136. The summed E-state index contributed by atoms with van der Waals surface area (Å²) in [5.74, 6) is -0.115. The fourth-order valence-electron chi connectivity index (χ4n) is 0.985. The largest absolute Gasteiger partial charge is 0.481 e. The van der Waals surface area contributed by atoms with Gasteiger partial charge in [-0.25, -0.2) is 0 Å². The van der Waals surface area contributed by atoms with Crippen molar-refractivity contribution in [1.29, 1.82) is 0 Å². The van der Waals surface area contributed by atoms with Gasteiger partial charge < -0.3 is 10.4 Å². The Hall–Kier alpha value is -0.710. The van der Waals surface area contributed by atoms with Crippen LogP contribution in [0.3, 0.4) is 0 Å². The van der Waals surface area contributed by atoms with Crippen LogP contribution in [0.1, 0.15) is 34.1 Å². The van der Waals surface area contributed by atoms with Gasteiger partial charge in [0, 0.05) is 11.3 Å². The van der Waals surface area contributed by atoms with Crippen LogP contribution in [0.15, 0.2) is 0 Å². The molecule has 2 unspecified atom stereocenters. The Bertz CT molecular complexity index is 243. The Balaban J connectivity index is 3.77. The van der Waals surface area contributed by atoms with Gasteiger partial charge in [0.25, 0.3) is 0 Å². The maximum absolute atomic E-state index is 11.5. The number of rotatable bonds is 7. The molecular weight excluding hydrogens is 226 g/mol. The molecule has 94 valence electrons. The number of carboxylic acids is 1. The predicted octanol–water partition coefficient (Wildman–Crippen LogP) is 1.74. The van der Waals surface area contributed by atoms with E-state index in [4.69, 9.17) is 5.11 Å². The highest BCUT2D eigenvalue weighted by Gasteiger charge is 2.13. The zero-order valence-corrected chi connectivity index (χ0v) is 11.1. The number of aliphatic carboxylic acids is 1. The van der Waals surface area contributed by atoms with Crippen molar-refractivity contribution >= 4 is 23.6 Å². The molecule has 0 saturated heterocycles. The van der Waals surface area contributed by atoms with E-state index >= 15 is 0 Å². The predicted molar refractivity (Wildman–Crippen MR) is 66.6 cm³/mol. The summed E-state index contributed by atoms with van der Waals surface area (Å²) >= 11 is 1.37. The Morgan fingerprint density at radius 1 is 1.25 bits per heavy atom. The third kappa shape index (κ3) is 7.56. The van der Waals surface area contributed by atoms with Crippen LogP contribution in [0.2, 0.25) is 0 Å². The zero-order valence-electron chi connectivity index (χ0n) is 10.3. The topological polar surface area (TPSA) is 66.4 Å². The lowest BCUT2D eigenvalue weighted by atomic mass is 10.1. The van der Waals surface area contributed by atoms with Crippen molar-refractivity contribution in [3.63, 3.8) is 0 Å². The van der Waals surface area contributed by atoms with E-state index in [9.17, 15) is 9.59 Å². The first-order chi connectivity index (χ1) is 7.32. The van der Waals surface area contributed by atoms with Crippen molar-refractivity contribution in [1.82, 2.24) is 5.32 Å². The molecule has 0 rings (SSSR count). The average molecular weight is 247 g/mol. The molecule has 0 aromatic heterocycles. The summed E-state index contributed by atoms with van der Waals surface area (Å²) in [5, 5.41) is 11.4. The molecule has 0 saturated carbocycles. The SMILES string of the molecule is CC(CC(=O)O)SCC(=O)NC(C)C(C)C. The molecule has 2 N–H and O–H groups in total. The Labute approximate surface area is 101 Å². The lowest BCUT2D eigenvalue weighted by Gasteiger charge is -2.17. The van der Waals surface area contributed by atoms with Crippen LogP contribution < -0.4 is 5.32 Å². The monoisotopic (exact) mass is 247 g/mol. The fourth-order valence-corrected chi connectivity index (χ4v) is 1.76. The quantitative estimate of drug-likeness (QED) is 0.719. The molecule has 0 radical (unpaired) electrons. The highest BCUT2D eigenvalue weighted by Crippen LogP contribution is 2.13. The average Bonchev–Trinajstić information content (AvgIpc) is 2.13. The van der Waals surface area contributed by atoms with E-state index in [0.29, 0.717) is 11.7 Å². The van der Waals surface area contributed by atoms with Crippen LogP contribution in [0.25, 0.3) is 0 Å². The van der Waals surface area contributed by atoms with Gasteiger partial charge >= 0.3 is 5.97 Å². The maximum Gasteiger partial charge on any atom is 0.304 e. The molecule has 0 aromatic rings. The van der Waals surface area contributed by atoms with Gasteiger partial charge in [0.05, 0.1) is 12.2 Å². The van der Waals surface area contributed by atoms with E-state index < -0.39 is 5.97 Å². The standard InChI is InChI=1S/C11H21NO3S/c1-7(2)9(4)12-10(13)6-16-8(3)5-11(14)15/h7-9H,5-6H2,1-4H3,(H,12,13)(H,14,15). The van der Waals surface area contributed by atoms with Crippen molar-refractivity contribution < 1.29 is 14.7 Å². The summed E-state index contributed by atoms with van der Waals surface area (Å²) in [4.78, 5) is 21.9. The van der Waals surface area contributed by atoms with Gasteiger partial charge in [-0.15, -0.1) is 11.8 Å². The summed E-state index contributed by atoms with van der Waals surface area (Å²) in [6.45, 7) is 7.88. The molecule has 0 spiro atoms. The van der Waals surface area contributed by atoms with Crippen molar-refractivity contribution in [2.45, 2.75) is 45.4 Å². The molecule has 0 fully saturated rings. The first-order valence-corrected chi connectivity index (χ1v) is 6.50. The Morgan fingerprint density at radius 3 is 2.25 bits per heavy atom. The second kappa shape index (κ2) is 7.54. The van der Waals surface area contributed by atoms with E-state index in [0.717, 1.165) is 0 Å². The minimum atomic E-state index is -0.823. The van der Waals surface area contributed by atoms with Gasteiger partial charge in [-0.2, -0.15) is 0 Å². The Kier molecular flexibility index (Phi) is 7.21. The molecule has 0 aliphatic rings. The summed E-state index contributed by atoms with van der Waals surface area (Å²) in [6, 6.07) is 0.155. The second-order valence-corrected chi connectivity index (χ2v) is 5.75. The van der Waals surface area contributed by atoms with Crippen LogP contribution in [0.5, 0.6) is 0 Å². The van der Waals surface area contributed by atoms with E-state index in [-0.39, 0.29) is 23.6 Å². The highest BCUT2D eigenvalue weighted by molar-refractivity contribution is 8.00. The number of carboxylic acid groups (broad SMARTS) is 1. The summed E-state index contributed by atoms with van der Waals surface area (Å²) in [6.07, 6.45) is 0.0949. The molecule has 0 bridgehead atoms. The van der Waals surface area contributed by atoms with Gasteiger partial charge in [0.1, 0.15) is 0 Å². The number of carbonyl (C=O) groups excluding carboxylic acids is 1. The van der Waals surface area contributed by atoms with Gasteiger partial charge in [-0.1, -0.05) is 20.8 Å². The van der Waals surface area contributed by atoms with Crippen LogP contribution in [-0.2, 0) is 9.59 Å². The molecule has 0 heterocycles. The third-order valence-corrected chi connectivity index (χ3v) is 3.51. The molecule has 16 heavy (non-hydrogen) atoms. The van der Waals surface area contributed by atoms with Crippen LogP contribution >= 0.6 is 11.8 Å². The summed E-state index contributed by atoms with van der Waals surface area (Å²) in [5.41, 5.74) is 0. The van der Waals surface area contributed by atoms with Crippen molar-refractivity contribution in [3.8, 4) is 0 Å². The molecular formula is C11H21NO3S. The van der Waals surface area contributed by atoms with Crippen molar-refractivity contribution in [2.24, 2.45) is 5.92 Å². The normalized spacial score (nSPS) is 14.6. The van der Waals surface area contributed by atoms with E-state index in [2.05, 4.69) is 5.32 Å². The third-order valence-electron chi connectivity index (χ3n) is 2.35. The van der Waals surface area contributed by atoms with Crippen LogP contribution in [0.4, 0.5) is 0 Å². The smallest absolute Gasteiger partial charge is 0.304 e. The van der Waals surface area contributed by atoms with Gasteiger partial charge in [-0.05, 0) is 12.8 Å². The van der Waals surface area contributed by atoms with Crippen molar-refractivity contribution in [2.75, 3.05) is 5.75 Å². The fraction of sp³-hybridized carbons (Fsp3) is 0.818. The first kappa shape index (κ1) is 15.3. The number of amides is 1. The highest BCUT2D eigenvalue weighted by atomic mass is 32.2. The maximum atomic E-state index is 11.5. The summed E-state index contributed by atoms with van der Waals surface area (Å²) in [7, 11) is 0. The number of hydrogen-bond acceptors (Lipinski definition) is 3. The van der Waals surface area contributed by atoms with Gasteiger partial charge in [0.15, 0.2) is 0 Å². The van der Waals surface area contributed by atoms with Crippen molar-refractivity contribution in [3.05, 3.63) is 0 Å². The zero-order chi connectivity index (χ0) is 12.7. The van der Waals surface area contributed by atoms with Gasteiger partial charge in [-0.3, -0.25) is 9.59 Å². The van der Waals surface area contributed by atoms with E-state index in [1.807, 2.05) is 27.7 Å². The Morgan fingerprint density at radius 2 is 1.81 bits per heavy atom. The molecule has 5 heteroatoms. The number of hydrogen-bond donors (Lipinski definition) is 2. The molecule has 4 nitrogen and oxygen atoms in total. The molecule has 2 atom stereocenters. The minimum absolute atomic E-state index is 0.0246. The van der Waals surface area contributed by atoms with E-state index in [1.165, 1.54) is 11.8 Å². The van der Waals surface area contributed by atoms with E-state index in [1.54, 1.807) is 0 Å². The number of carbonyl (C=O) groups is 2. The minimum Gasteiger partial charge on any atom is -0.481 e. The second-order valence-electron chi connectivity index (χ2n) is 4.32. The van der Waals surface area contributed by atoms with Crippen LogP contribution in [-0.4, -0.2) is 34.0 Å². The van der Waals surface area contributed by atoms with Gasteiger partial charge in [0.2, 0.25) is 5.91 Å². The molecule has 0 aliphatic heterocycles. The molecule has 0 aromatic carbocycles. The molecule has 0 aliphatic carbocycles. The number of nitrogens with one attached hydrogen (secondary N) is 1. The van der Waals surface area contributed by atoms with Crippen LogP contribution in [0, 0.1) is 5.92 Å². The summed E-state index contributed by atoms with van der Waals surface area (Å²) < 4.78 is 0.